The fourth-order valence-electron chi connectivity index (χ4n) is 3.78. The van der Waals surface area contributed by atoms with Crippen LogP contribution in [0.5, 0.6) is 11.5 Å². The zero-order chi connectivity index (χ0) is 20.7. The number of methoxy groups -OCH3 is 1. The molecule has 1 aliphatic heterocycles. The largest absolute Gasteiger partial charge is 0.497 e. The molecule has 0 spiro atoms. The summed E-state index contributed by atoms with van der Waals surface area (Å²) in [5.41, 5.74) is 3.15. The minimum Gasteiger partial charge on any atom is -0.497 e. The van der Waals surface area contributed by atoms with Crippen LogP contribution in [0.25, 0.3) is 22.1 Å². The van der Waals surface area contributed by atoms with Crippen molar-refractivity contribution in [1.82, 2.24) is 0 Å². The molecule has 6 heteroatoms. The number of hydrogen-bond acceptors (Lipinski definition) is 5. The summed E-state index contributed by atoms with van der Waals surface area (Å²) in [5.74, 6) is 1.08. The lowest BCUT2D eigenvalue weighted by Gasteiger charge is -2.31. The van der Waals surface area contributed by atoms with E-state index in [1.807, 2.05) is 47.4 Å². The predicted molar refractivity (Wildman–Crippen MR) is 113 cm³/mol. The average molecular weight is 403 g/mol. The lowest BCUT2D eigenvalue weighted by Crippen LogP contribution is -2.32. The van der Waals surface area contributed by atoms with Gasteiger partial charge >= 0.3 is 5.63 Å². The number of rotatable bonds is 3. The van der Waals surface area contributed by atoms with Crippen molar-refractivity contribution in [1.29, 1.82) is 0 Å². The highest BCUT2D eigenvalue weighted by molar-refractivity contribution is 5.96. The molecule has 0 radical (unpaired) electrons. The molecule has 5 rings (SSSR count). The van der Waals surface area contributed by atoms with Crippen molar-refractivity contribution in [3.8, 4) is 22.6 Å². The summed E-state index contributed by atoms with van der Waals surface area (Å²) < 4.78 is 30.4. The van der Waals surface area contributed by atoms with Crippen LogP contribution < -0.4 is 20.0 Å². The monoisotopic (exact) mass is 403 g/mol. The molecule has 0 saturated heterocycles. The van der Waals surface area contributed by atoms with Crippen LogP contribution in [0.15, 0.2) is 75.9 Å². The SMILES string of the molecule is COc1ccc(-c2cc(=O)oc3c4c(ccc23)OCN(c2cccc(F)c2)C4)cc1. The Kier molecular flexibility index (Phi) is 4.39. The normalized spacial score (nSPS) is 13.1. The highest BCUT2D eigenvalue weighted by Crippen LogP contribution is 2.37. The third-order valence-corrected chi connectivity index (χ3v) is 5.27. The van der Waals surface area contributed by atoms with Crippen LogP contribution in [-0.2, 0) is 6.54 Å². The van der Waals surface area contributed by atoms with Crippen LogP contribution in [0.2, 0.25) is 0 Å². The molecule has 1 aliphatic rings. The van der Waals surface area contributed by atoms with Crippen LogP contribution in [-0.4, -0.2) is 13.8 Å². The van der Waals surface area contributed by atoms with Gasteiger partial charge in [0.15, 0.2) is 6.73 Å². The maximum Gasteiger partial charge on any atom is 0.336 e. The highest BCUT2D eigenvalue weighted by atomic mass is 19.1. The van der Waals surface area contributed by atoms with Crippen molar-refractivity contribution >= 4 is 16.7 Å². The summed E-state index contributed by atoms with van der Waals surface area (Å²) in [6.07, 6.45) is 0. The van der Waals surface area contributed by atoms with Gasteiger partial charge in [0.05, 0.1) is 19.2 Å². The third kappa shape index (κ3) is 3.16. The summed E-state index contributed by atoms with van der Waals surface area (Å²) in [6.45, 7) is 0.718. The Morgan fingerprint density at radius 1 is 1.03 bits per heavy atom. The molecule has 0 N–H and O–H groups in total. The number of benzene rings is 3. The molecule has 30 heavy (non-hydrogen) atoms. The molecule has 0 saturated carbocycles. The molecule has 0 aliphatic carbocycles. The number of halogens is 1. The van der Waals surface area contributed by atoms with E-state index >= 15 is 0 Å². The van der Waals surface area contributed by atoms with Crippen molar-refractivity contribution in [2.75, 3.05) is 18.7 Å². The third-order valence-electron chi connectivity index (χ3n) is 5.27. The van der Waals surface area contributed by atoms with E-state index in [2.05, 4.69) is 0 Å². The summed E-state index contributed by atoms with van der Waals surface area (Å²) >= 11 is 0. The minimum absolute atomic E-state index is 0.282. The summed E-state index contributed by atoms with van der Waals surface area (Å²) in [5, 5.41) is 0.809. The van der Waals surface area contributed by atoms with E-state index in [0.717, 1.165) is 27.8 Å². The van der Waals surface area contributed by atoms with Gasteiger partial charge in [0, 0.05) is 17.1 Å². The van der Waals surface area contributed by atoms with Gasteiger partial charge in [-0.3, -0.25) is 0 Å². The Hall–Kier alpha value is -3.80. The van der Waals surface area contributed by atoms with Crippen molar-refractivity contribution in [3.63, 3.8) is 0 Å². The average Bonchev–Trinajstić information content (AvgIpc) is 2.78. The molecule has 150 valence electrons. The Labute approximate surface area is 171 Å². The number of hydrogen-bond donors (Lipinski definition) is 0. The number of ether oxygens (including phenoxy) is 2. The van der Waals surface area contributed by atoms with E-state index in [4.69, 9.17) is 13.9 Å². The van der Waals surface area contributed by atoms with Crippen molar-refractivity contribution in [2.45, 2.75) is 6.54 Å². The van der Waals surface area contributed by atoms with E-state index in [1.54, 1.807) is 13.2 Å². The number of fused-ring (bicyclic) bond motifs is 3. The zero-order valence-corrected chi connectivity index (χ0v) is 16.2. The Bertz CT molecular complexity index is 1300. The van der Waals surface area contributed by atoms with Gasteiger partial charge in [-0.15, -0.1) is 0 Å². The van der Waals surface area contributed by atoms with Crippen molar-refractivity contribution in [3.05, 3.63) is 88.5 Å². The quantitative estimate of drug-likeness (QED) is 0.453. The van der Waals surface area contributed by atoms with Gasteiger partial charge in [0.25, 0.3) is 0 Å². The van der Waals surface area contributed by atoms with Gasteiger partial charge in [-0.05, 0) is 53.6 Å². The molecule has 0 atom stereocenters. The zero-order valence-electron chi connectivity index (χ0n) is 16.2. The van der Waals surface area contributed by atoms with Crippen molar-refractivity contribution in [2.24, 2.45) is 0 Å². The molecule has 0 amide bonds. The fourth-order valence-corrected chi connectivity index (χ4v) is 3.78. The maximum atomic E-state index is 13.7. The minimum atomic E-state index is -0.440. The van der Waals surface area contributed by atoms with Crippen molar-refractivity contribution < 1.29 is 18.3 Å². The molecular formula is C24H18FNO4. The standard InChI is InChI=1S/C24H18FNO4/c1-28-18-7-5-15(6-8-18)20-12-23(27)30-24-19(20)9-10-22-21(24)13-26(14-29-22)17-4-2-3-16(25)11-17/h2-12H,13-14H2,1H3. The number of nitrogens with zero attached hydrogens (tertiary/aromatic N) is 1. The molecule has 4 aromatic rings. The maximum absolute atomic E-state index is 13.7. The highest BCUT2D eigenvalue weighted by Gasteiger charge is 2.23. The van der Waals surface area contributed by atoms with Gasteiger partial charge < -0.3 is 18.8 Å². The lowest BCUT2D eigenvalue weighted by atomic mass is 9.99. The summed E-state index contributed by atoms with van der Waals surface area (Å²) in [4.78, 5) is 14.3. The first-order valence-electron chi connectivity index (χ1n) is 9.50. The Balaban J connectivity index is 1.64. The van der Waals surface area contributed by atoms with Crippen LogP contribution >= 0.6 is 0 Å². The molecular weight excluding hydrogens is 385 g/mol. The molecule has 0 fully saturated rings. The van der Waals surface area contributed by atoms with Crippen LogP contribution in [0.1, 0.15) is 5.56 Å². The predicted octanol–water partition coefficient (Wildman–Crippen LogP) is 4.96. The van der Waals surface area contributed by atoms with Gasteiger partial charge in [-0.2, -0.15) is 0 Å². The molecule has 1 aromatic heterocycles. The summed E-state index contributed by atoms with van der Waals surface area (Å²) in [7, 11) is 1.61. The molecule has 0 unspecified atom stereocenters. The van der Waals surface area contributed by atoms with E-state index in [-0.39, 0.29) is 12.5 Å². The second-order valence-electron chi connectivity index (χ2n) is 7.08. The molecule has 2 heterocycles. The Morgan fingerprint density at radius 3 is 2.63 bits per heavy atom. The first-order valence-corrected chi connectivity index (χ1v) is 9.50. The van der Waals surface area contributed by atoms with Crippen LogP contribution in [0, 0.1) is 5.82 Å². The van der Waals surface area contributed by atoms with Gasteiger partial charge in [0.1, 0.15) is 22.9 Å². The molecule has 5 nitrogen and oxygen atoms in total. The second kappa shape index (κ2) is 7.22. The topological polar surface area (TPSA) is 51.9 Å². The van der Waals surface area contributed by atoms with Crippen LogP contribution in [0.3, 0.4) is 0 Å². The van der Waals surface area contributed by atoms with E-state index < -0.39 is 5.63 Å². The van der Waals surface area contributed by atoms with E-state index in [0.29, 0.717) is 23.6 Å². The fraction of sp³-hybridized carbons (Fsp3) is 0.125. The van der Waals surface area contributed by atoms with E-state index in [9.17, 15) is 9.18 Å². The molecule has 3 aromatic carbocycles. The second-order valence-corrected chi connectivity index (χ2v) is 7.08. The first-order chi connectivity index (χ1) is 14.6. The van der Waals surface area contributed by atoms with Gasteiger partial charge in [0.2, 0.25) is 0 Å². The Morgan fingerprint density at radius 2 is 1.87 bits per heavy atom. The lowest BCUT2D eigenvalue weighted by molar-refractivity contribution is 0.289. The van der Waals surface area contributed by atoms with Gasteiger partial charge in [-0.1, -0.05) is 18.2 Å². The van der Waals surface area contributed by atoms with E-state index in [1.165, 1.54) is 18.2 Å². The number of anilines is 1. The van der Waals surface area contributed by atoms with Gasteiger partial charge in [-0.25, -0.2) is 9.18 Å². The summed E-state index contributed by atoms with van der Waals surface area (Å²) in [6, 6.07) is 19.1. The molecule has 0 bridgehead atoms. The van der Waals surface area contributed by atoms with Crippen LogP contribution in [0.4, 0.5) is 10.1 Å². The first kappa shape index (κ1) is 18.2. The smallest absolute Gasteiger partial charge is 0.336 e.